The molecule has 0 radical (unpaired) electrons. The van der Waals surface area contributed by atoms with Crippen LogP contribution >= 0.6 is 24.0 Å². The summed E-state index contributed by atoms with van der Waals surface area (Å²) in [5, 5.41) is 7.98. The molecule has 26 heavy (non-hydrogen) atoms. The third-order valence-corrected chi connectivity index (χ3v) is 3.88. The van der Waals surface area contributed by atoms with Gasteiger partial charge < -0.3 is 20.7 Å². The van der Waals surface area contributed by atoms with Gasteiger partial charge in [0.25, 0.3) is 0 Å². The Balaban J connectivity index is 0.00000338. The van der Waals surface area contributed by atoms with Crippen molar-refractivity contribution in [2.24, 2.45) is 4.99 Å². The quantitative estimate of drug-likeness (QED) is 0.259. The Labute approximate surface area is 167 Å². The van der Waals surface area contributed by atoms with Gasteiger partial charge in [-0.3, -0.25) is 9.79 Å². The van der Waals surface area contributed by atoms with Gasteiger partial charge in [0, 0.05) is 20.2 Å². The van der Waals surface area contributed by atoms with Crippen molar-refractivity contribution in [3.63, 3.8) is 0 Å². The molecule has 1 atom stereocenters. The first-order valence-electron chi connectivity index (χ1n) is 7.86. The summed E-state index contributed by atoms with van der Waals surface area (Å²) in [7, 11) is 1.54. The summed E-state index contributed by atoms with van der Waals surface area (Å²) in [6.07, 6.45) is 1.92. The lowest BCUT2D eigenvalue weighted by molar-refractivity contribution is -0.115. The number of hydrogen-bond acceptors (Lipinski definition) is 3. The molecule has 1 aliphatic heterocycles. The minimum Gasteiger partial charge on any atom is -0.373 e. The minimum absolute atomic E-state index is 0. The lowest BCUT2D eigenvalue weighted by Gasteiger charge is -2.24. The lowest BCUT2D eigenvalue weighted by Crippen LogP contribution is -2.47. The highest BCUT2D eigenvalue weighted by Crippen LogP contribution is 2.23. The molecule has 1 saturated heterocycles. The van der Waals surface area contributed by atoms with Crippen LogP contribution in [0, 0.1) is 17.5 Å². The fourth-order valence-electron chi connectivity index (χ4n) is 2.45. The van der Waals surface area contributed by atoms with E-state index in [0.29, 0.717) is 19.1 Å². The molecule has 0 spiro atoms. The van der Waals surface area contributed by atoms with Gasteiger partial charge in [-0.1, -0.05) is 0 Å². The van der Waals surface area contributed by atoms with Gasteiger partial charge in [-0.15, -0.1) is 24.0 Å². The molecule has 1 fully saturated rings. The Kier molecular flexibility index (Phi) is 8.60. The van der Waals surface area contributed by atoms with Crippen molar-refractivity contribution in [1.82, 2.24) is 10.6 Å². The molecule has 0 aliphatic carbocycles. The molecule has 3 N–H and O–H groups in total. The molecule has 1 amide bonds. The van der Waals surface area contributed by atoms with E-state index in [4.69, 9.17) is 4.74 Å². The third kappa shape index (κ3) is 6.01. The second-order valence-electron chi connectivity index (χ2n) is 5.95. The predicted octanol–water partition coefficient (Wildman–Crippen LogP) is 2.39. The van der Waals surface area contributed by atoms with E-state index in [1.54, 1.807) is 7.05 Å². The number of nitrogens with one attached hydrogen (secondary N) is 3. The average Bonchev–Trinajstić information content (AvgIpc) is 3.02. The number of anilines is 1. The highest BCUT2D eigenvalue weighted by atomic mass is 127. The van der Waals surface area contributed by atoms with Crippen LogP contribution in [0.3, 0.4) is 0 Å². The largest absolute Gasteiger partial charge is 0.373 e. The van der Waals surface area contributed by atoms with Gasteiger partial charge >= 0.3 is 0 Å². The number of guanidine groups is 1. The smallest absolute Gasteiger partial charge is 0.243 e. The number of ether oxygens (including phenoxy) is 1. The summed E-state index contributed by atoms with van der Waals surface area (Å²) in [4.78, 5) is 15.8. The van der Waals surface area contributed by atoms with Gasteiger partial charge in [0.1, 0.15) is 0 Å². The van der Waals surface area contributed by atoms with Crippen LogP contribution in [-0.2, 0) is 9.53 Å². The van der Waals surface area contributed by atoms with E-state index < -0.39 is 29.0 Å². The summed E-state index contributed by atoms with van der Waals surface area (Å²) < 4.78 is 45.2. The van der Waals surface area contributed by atoms with E-state index in [9.17, 15) is 18.0 Å². The highest BCUT2D eigenvalue weighted by molar-refractivity contribution is 14.0. The van der Waals surface area contributed by atoms with E-state index >= 15 is 0 Å². The Morgan fingerprint density at radius 2 is 2.00 bits per heavy atom. The van der Waals surface area contributed by atoms with Crippen molar-refractivity contribution < 1.29 is 22.7 Å². The van der Waals surface area contributed by atoms with Crippen LogP contribution in [0.25, 0.3) is 0 Å². The van der Waals surface area contributed by atoms with E-state index in [-0.39, 0.29) is 36.1 Å². The number of hydrogen-bond donors (Lipinski definition) is 3. The first kappa shape index (κ1) is 22.5. The van der Waals surface area contributed by atoms with Crippen molar-refractivity contribution in [3.8, 4) is 0 Å². The first-order chi connectivity index (χ1) is 11.8. The molecule has 1 aromatic carbocycles. The van der Waals surface area contributed by atoms with Gasteiger partial charge in [0.15, 0.2) is 23.4 Å². The zero-order valence-electron chi connectivity index (χ0n) is 14.5. The first-order valence-corrected chi connectivity index (χ1v) is 7.86. The number of nitrogens with zero attached hydrogens (tertiary/aromatic N) is 1. The summed E-state index contributed by atoms with van der Waals surface area (Å²) in [6.45, 7) is 2.99. The molecule has 0 bridgehead atoms. The van der Waals surface area contributed by atoms with Crippen LogP contribution in [0.1, 0.15) is 19.8 Å². The maximum atomic E-state index is 13.5. The number of halogens is 4. The second kappa shape index (κ2) is 9.95. The van der Waals surface area contributed by atoms with Gasteiger partial charge in [-0.25, -0.2) is 13.2 Å². The highest BCUT2D eigenvalue weighted by Gasteiger charge is 2.29. The third-order valence-electron chi connectivity index (χ3n) is 3.88. The molecular weight excluding hydrogens is 464 g/mol. The standard InChI is InChI=1S/C16H21F3N4O2.HI/c1-16(6-3-7-25-16)9-22-15(20-2)21-8-12(24)23-11-5-4-10(17)13(18)14(11)19;/h4-5H,3,6-9H2,1-2H3,(H,23,24)(H2,20,21,22);1H. The predicted molar refractivity (Wildman–Crippen MR) is 103 cm³/mol. The van der Waals surface area contributed by atoms with Crippen molar-refractivity contribution in [3.05, 3.63) is 29.6 Å². The molecule has 1 aromatic rings. The molecule has 1 aliphatic rings. The molecular formula is C16H22F3IN4O2. The summed E-state index contributed by atoms with van der Waals surface area (Å²) in [5.74, 6) is -4.65. The topological polar surface area (TPSA) is 74.8 Å². The van der Waals surface area contributed by atoms with Crippen LogP contribution in [0.15, 0.2) is 17.1 Å². The van der Waals surface area contributed by atoms with Crippen LogP contribution < -0.4 is 16.0 Å². The van der Waals surface area contributed by atoms with E-state index in [0.717, 1.165) is 25.0 Å². The molecule has 0 saturated carbocycles. The van der Waals surface area contributed by atoms with Crippen molar-refractivity contribution >= 4 is 41.5 Å². The maximum absolute atomic E-state index is 13.5. The summed E-state index contributed by atoms with van der Waals surface area (Å²) in [6, 6.07) is 1.70. The van der Waals surface area contributed by atoms with Gasteiger partial charge in [0.05, 0.1) is 17.8 Å². The molecule has 6 nitrogen and oxygen atoms in total. The number of rotatable bonds is 5. The van der Waals surface area contributed by atoms with Crippen LogP contribution in [-0.4, -0.2) is 44.2 Å². The molecule has 1 heterocycles. The zero-order chi connectivity index (χ0) is 18.4. The van der Waals surface area contributed by atoms with E-state index in [1.807, 2.05) is 6.92 Å². The fraction of sp³-hybridized carbons (Fsp3) is 0.500. The van der Waals surface area contributed by atoms with Crippen molar-refractivity contribution in [1.29, 1.82) is 0 Å². The van der Waals surface area contributed by atoms with Gasteiger partial charge in [-0.2, -0.15) is 0 Å². The Bertz CT molecular complexity index is 667. The normalized spacial score (nSPS) is 19.7. The maximum Gasteiger partial charge on any atom is 0.243 e. The van der Waals surface area contributed by atoms with Crippen LogP contribution in [0.5, 0.6) is 0 Å². The van der Waals surface area contributed by atoms with Crippen LogP contribution in [0.4, 0.5) is 18.9 Å². The van der Waals surface area contributed by atoms with Gasteiger partial charge in [-0.05, 0) is 31.9 Å². The van der Waals surface area contributed by atoms with Gasteiger partial charge in [0.2, 0.25) is 5.91 Å². The van der Waals surface area contributed by atoms with E-state index in [1.165, 1.54) is 0 Å². The second-order valence-corrected chi connectivity index (χ2v) is 5.95. The number of benzene rings is 1. The Morgan fingerprint density at radius 1 is 1.27 bits per heavy atom. The molecule has 10 heteroatoms. The average molecular weight is 486 g/mol. The molecule has 0 aromatic heterocycles. The Morgan fingerprint density at radius 3 is 2.62 bits per heavy atom. The lowest BCUT2D eigenvalue weighted by atomic mass is 10.0. The number of carbonyl (C=O) groups is 1. The minimum atomic E-state index is -1.63. The number of carbonyl (C=O) groups excluding carboxylic acids is 1. The SMILES string of the molecule is CN=C(NCC(=O)Nc1ccc(F)c(F)c1F)NCC1(C)CCCO1.I. The fourth-order valence-corrected chi connectivity index (χ4v) is 2.45. The Hall–Kier alpha value is -1.56. The number of amides is 1. The molecule has 146 valence electrons. The van der Waals surface area contributed by atoms with Crippen molar-refractivity contribution in [2.75, 3.05) is 32.1 Å². The van der Waals surface area contributed by atoms with Crippen molar-refractivity contribution in [2.45, 2.75) is 25.4 Å². The zero-order valence-corrected chi connectivity index (χ0v) is 16.8. The summed E-state index contributed by atoms with van der Waals surface area (Å²) >= 11 is 0. The number of aliphatic imine (C=N–C) groups is 1. The molecule has 1 unspecified atom stereocenters. The van der Waals surface area contributed by atoms with E-state index in [2.05, 4.69) is 20.9 Å². The van der Waals surface area contributed by atoms with Crippen LogP contribution in [0.2, 0.25) is 0 Å². The molecule has 2 rings (SSSR count). The monoisotopic (exact) mass is 486 g/mol. The summed E-state index contributed by atoms with van der Waals surface area (Å²) in [5.41, 5.74) is -0.713.